The highest BCUT2D eigenvalue weighted by atomic mass is 16.5. The van der Waals surface area contributed by atoms with Crippen molar-refractivity contribution >= 4 is 18.0 Å². The molecule has 3 rings (SSSR count). The topological polar surface area (TPSA) is 93.7 Å². The van der Waals surface area contributed by atoms with E-state index in [9.17, 15) is 14.4 Å². The number of amides is 2. The summed E-state index contributed by atoms with van der Waals surface area (Å²) < 4.78 is 10.2. The number of rotatable bonds is 10. The molecule has 0 heterocycles. The molecule has 0 spiro atoms. The molecular weight excluding hydrogens is 444 g/mol. The van der Waals surface area contributed by atoms with Crippen molar-refractivity contribution in [2.45, 2.75) is 38.5 Å². The van der Waals surface area contributed by atoms with Crippen LogP contribution >= 0.6 is 0 Å². The van der Waals surface area contributed by atoms with Gasteiger partial charge in [0.1, 0.15) is 18.7 Å². The highest BCUT2D eigenvalue weighted by Crippen LogP contribution is 2.10. The molecule has 0 aliphatic carbocycles. The smallest absolute Gasteiger partial charge is 0.408 e. The zero-order valence-electron chi connectivity index (χ0n) is 19.9. The minimum atomic E-state index is -0.953. The molecule has 35 heavy (non-hydrogen) atoms. The molecule has 2 atom stereocenters. The summed E-state index contributed by atoms with van der Waals surface area (Å²) in [5.74, 6) is -1.07. The van der Waals surface area contributed by atoms with Crippen LogP contribution in [0.15, 0.2) is 84.9 Å². The van der Waals surface area contributed by atoms with E-state index in [1.165, 1.54) is 7.11 Å². The summed E-state index contributed by atoms with van der Waals surface area (Å²) in [5.41, 5.74) is 3.61. The summed E-state index contributed by atoms with van der Waals surface area (Å²) in [7, 11) is 1.28. The van der Waals surface area contributed by atoms with E-state index in [1.807, 2.05) is 91.9 Å². The first-order valence-corrected chi connectivity index (χ1v) is 11.4. The molecule has 7 heteroatoms. The second-order valence-corrected chi connectivity index (χ2v) is 8.23. The second kappa shape index (κ2) is 12.9. The van der Waals surface area contributed by atoms with Gasteiger partial charge in [0.05, 0.1) is 7.11 Å². The van der Waals surface area contributed by atoms with E-state index >= 15 is 0 Å². The highest BCUT2D eigenvalue weighted by Gasteiger charge is 2.28. The molecule has 3 aromatic carbocycles. The minimum absolute atomic E-state index is 0.0739. The van der Waals surface area contributed by atoms with Gasteiger partial charge in [-0.3, -0.25) is 4.79 Å². The Kier molecular flexibility index (Phi) is 9.42. The summed E-state index contributed by atoms with van der Waals surface area (Å²) in [6, 6.07) is 24.4. The Morgan fingerprint density at radius 1 is 0.743 bits per heavy atom. The van der Waals surface area contributed by atoms with E-state index in [0.29, 0.717) is 0 Å². The molecule has 7 nitrogen and oxygen atoms in total. The van der Waals surface area contributed by atoms with Crippen molar-refractivity contribution in [3.63, 3.8) is 0 Å². The largest absolute Gasteiger partial charge is 0.467 e. The molecule has 0 aliphatic heterocycles. The average Bonchev–Trinajstić information content (AvgIpc) is 2.87. The van der Waals surface area contributed by atoms with Crippen LogP contribution in [0.5, 0.6) is 0 Å². The van der Waals surface area contributed by atoms with Crippen LogP contribution in [0.25, 0.3) is 0 Å². The van der Waals surface area contributed by atoms with Crippen LogP contribution in [0.4, 0.5) is 4.79 Å². The zero-order chi connectivity index (χ0) is 25.0. The third kappa shape index (κ3) is 8.30. The lowest BCUT2D eigenvalue weighted by Gasteiger charge is -2.22. The molecule has 0 saturated carbocycles. The number of hydrogen-bond donors (Lipinski definition) is 2. The van der Waals surface area contributed by atoms with Gasteiger partial charge in [-0.1, -0.05) is 90.5 Å². The summed E-state index contributed by atoms with van der Waals surface area (Å²) in [4.78, 5) is 38.2. The van der Waals surface area contributed by atoms with Crippen LogP contribution in [0.1, 0.15) is 22.3 Å². The first kappa shape index (κ1) is 25.5. The normalized spacial score (nSPS) is 12.2. The molecular formula is C28H30N2O5. The number of carbonyl (C=O) groups is 3. The SMILES string of the molecule is COC(=O)[C@H](Cc1cccc(C)c1)NC(=O)[C@H](Cc1ccccc1)NC(=O)OCc1ccccc1. The van der Waals surface area contributed by atoms with Gasteiger partial charge in [0.15, 0.2) is 0 Å². The molecule has 3 aromatic rings. The number of methoxy groups -OCH3 is 1. The number of nitrogens with one attached hydrogen (secondary N) is 2. The van der Waals surface area contributed by atoms with E-state index in [4.69, 9.17) is 9.47 Å². The van der Waals surface area contributed by atoms with E-state index in [0.717, 1.165) is 22.3 Å². The van der Waals surface area contributed by atoms with Gasteiger partial charge in [-0.25, -0.2) is 9.59 Å². The molecule has 0 radical (unpaired) electrons. The van der Waals surface area contributed by atoms with Gasteiger partial charge in [0.2, 0.25) is 5.91 Å². The monoisotopic (exact) mass is 474 g/mol. The maximum absolute atomic E-state index is 13.3. The van der Waals surface area contributed by atoms with Crippen molar-refractivity contribution in [1.29, 1.82) is 0 Å². The molecule has 0 bridgehead atoms. The number of hydrogen-bond acceptors (Lipinski definition) is 5. The van der Waals surface area contributed by atoms with E-state index in [2.05, 4.69) is 10.6 Å². The molecule has 0 fully saturated rings. The molecule has 0 aromatic heterocycles. The molecule has 0 saturated heterocycles. The van der Waals surface area contributed by atoms with Gasteiger partial charge in [0.25, 0.3) is 0 Å². The van der Waals surface area contributed by atoms with Crippen molar-refractivity contribution in [1.82, 2.24) is 10.6 Å². The minimum Gasteiger partial charge on any atom is -0.467 e. The number of alkyl carbamates (subject to hydrolysis) is 1. The fourth-order valence-corrected chi connectivity index (χ4v) is 3.65. The predicted octanol–water partition coefficient (Wildman–Crippen LogP) is 3.73. The molecule has 182 valence electrons. The van der Waals surface area contributed by atoms with Crippen LogP contribution in [0.2, 0.25) is 0 Å². The predicted molar refractivity (Wildman–Crippen MR) is 133 cm³/mol. The van der Waals surface area contributed by atoms with Crippen molar-refractivity contribution < 1.29 is 23.9 Å². The van der Waals surface area contributed by atoms with Crippen molar-refractivity contribution in [3.05, 3.63) is 107 Å². The highest BCUT2D eigenvalue weighted by molar-refractivity contribution is 5.90. The van der Waals surface area contributed by atoms with Crippen LogP contribution in [0.3, 0.4) is 0 Å². The van der Waals surface area contributed by atoms with Gasteiger partial charge in [-0.05, 0) is 23.6 Å². The summed E-state index contributed by atoms with van der Waals surface area (Å²) in [6.07, 6.45) is -0.236. The Morgan fingerprint density at radius 3 is 1.97 bits per heavy atom. The molecule has 0 aliphatic rings. The standard InChI is InChI=1S/C28H30N2O5/c1-20-10-9-15-23(16-20)18-25(27(32)34-2)29-26(31)24(17-21-11-5-3-6-12-21)30-28(33)35-19-22-13-7-4-8-14-22/h3-16,24-25H,17-19H2,1-2H3,(H,29,31)(H,30,33)/t24-,25-/m0/s1. The van der Waals surface area contributed by atoms with Gasteiger partial charge in [0, 0.05) is 12.8 Å². The Hall–Kier alpha value is -4.13. The Balaban J connectivity index is 1.71. The van der Waals surface area contributed by atoms with Crippen LogP contribution < -0.4 is 10.6 Å². The maximum Gasteiger partial charge on any atom is 0.408 e. The van der Waals surface area contributed by atoms with E-state index < -0.39 is 30.1 Å². The molecule has 2 N–H and O–H groups in total. The van der Waals surface area contributed by atoms with Crippen molar-refractivity contribution in [2.75, 3.05) is 7.11 Å². The number of esters is 1. The first-order chi connectivity index (χ1) is 16.9. The van der Waals surface area contributed by atoms with Gasteiger partial charge in [-0.15, -0.1) is 0 Å². The molecule has 2 amide bonds. The Labute approximate surface area is 205 Å². The van der Waals surface area contributed by atoms with Gasteiger partial charge < -0.3 is 20.1 Å². The van der Waals surface area contributed by atoms with Gasteiger partial charge in [-0.2, -0.15) is 0 Å². The lowest BCUT2D eigenvalue weighted by atomic mass is 10.0. The lowest BCUT2D eigenvalue weighted by molar-refractivity contribution is -0.145. The number of carbonyl (C=O) groups excluding carboxylic acids is 3. The zero-order valence-corrected chi connectivity index (χ0v) is 19.9. The quantitative estimate of drug-likeness (QED) is 0.437. The average molecular weight is 475 g/mol. The summed E-state index contributed by atoms with van der Waals surface area (Å²) in [5, 5.41) is 5.40. The summed E-state index contributed by atoms with van der Waals surface area (Å²) >= 11 is 0. The lowest BCUT2D eigenvalue weighted by Crippen LogP contribution is -2.53. The maximum atomic E-state index is 13.3. The van der Waals surface area contributed by atoms with E-state index in [1.54, 1.807) is 0 Å². The third-order valence-corrected chi connectivity index (χ3v) is 5.43. The number of benzene rings is 3. The van der Waals surface area contributed by atoms with Crippen molar-refractivity contribution in [3.8, 4) is 0 Å². The summed E-state index contributed by atoms with van der Waals surface area (Å²) in [6.45, 7) is 2.03. The fraction of sp³-hybridized carbons (Fsp3) is 0.250. The van der Waals surface area contributed by atoms with Crippen LogP contribution in [-0.4, -0.2) is 37.2 Å². The van der Waals surface area contributed by atoms with E-state index in [-0.39, 0.29) is 19.4 Å². The van der Waals surface area contributed by atoms with Crippen molar-refractivity contribution in [2.24, 2.45) is 0 Å². The Bertz CT molecular complexity index is 1120. The second-order valence-electron chi connectivity index (χ2n) is 8.23. The number of aryl methyl sites for hydroxylation is 1. The third-order valence-electron chi connectivity index (χ3n) is 5.43. The molecule has 0 unspecified atom stereocenters. The first-order valence-electron chi connectivity index (χ1n) is 11.4. The van der Waals surface area contributed by atoms with Gasteiger partial charge >= 0.3 is 12.1 Å². The Morgan fingerprint density at radius 2 is 1.34 bits per heavy atom. The van der Waals surface area contributed by atoms with Crippen LogP contribution in [0, 0.1) is 6.92 Å². The number of ether oxygens (including phenoxy) is 2. The fourth-order valence-electron chi connectivity index (χ4n) is 3.65. The van der Waals surface area contributed by atoms with Crippen LogP contribution in [-0.2, 0) is 38.5 Å².